The summed E-state index contributed by atoms with van der Waals surface area (Å²) in [6, 6.07) is 9.22. The first kappa shape index (κ1) is 14.7. The lowest BCUT2D eigenvalue weighted by molar-refractivity contribution is 0.0911. The fourth-order valence-electron chi connectivity index (χ4n) is 1.85. The SMILES string of the molecule is CC(C)CC(NC(=O)c1ccccc1)C(C)(C)N. The largest absolute Gasteiger partial charge is 0.347 e. The van der Waals surface area contributed by atoms with E-state index in [-0.39, 0.29) is 11.9 Å². The van der Waals surface area contributed by atoms with Gasteiger partial charge in [0, 0.05) is 17.1 Å². The van der Waals surface area contributed by atoms with Crippen molar-refractivity contribution < 1.29 is 4.79 Å². The Kier molecular flexibility index (Phi) is 4.91. The third-order valence-corrected chi connectivity index (χ3v) is 2.95. The highest BCUT2D eigenvalue weighted by atomic mass is 16.1. The van der Waals surface area contributed by atoms with Crippen LogP contribution in [0.4, 0.5) is 0 Å². The number of carbonyl (C=O) groups excluding carboxylic acids is 1. The fraction of sp³-hybridized carbons (Fsp3) is 0.533. The van der Waals surface area contributed by atoms with Gasteiger partial charge < -0.3 is 11.1 Å². The van der Waals surface area contributed by atoms with Crippen molar-refractivity contribution >= 4 is 5.91 Å². The summed E-state index contributed by atoms with van der Waals surface area (Å²) in [4.78, 5) is 12.1. The molecule has 0 saturated heterocycles. The first-order valence-electron chi connectivity index (χ1n) is 6.45. The van der Waals surface area contributed by atoms with Crippen LogP contribution >= 0.6 is 0 Å². The minimum Gasteiger partial charge on any atom is -0.347 e. The highest BCUT2D eigenvalue weighted by Gasteiger charge is 2.27. The monoisotopic (exact) mass is 248 g/mol. The molecule has 0 heterocycles. The Hall–Kier alpha value is -1.35. The molecular weight excluding hydrogens is 224 g/mol. The van der Waals surface area contributed by atoms with Gasteiger partial charge in [-0.05, 0) is 38.3 Å². The second kappa shape index (κ2) is 6.01. The van der Waals surface area contributed by atoms with Gasteiger partial charge in [-0.25, -0.2) is 0 Å². The number of nitrogens with two attached hydrogens (primary N) is 1. The quantitative estimate of drug-likeness (QED) is 0.841. The maximum atomic E-state index is 12.1. The molecule has 1 amide bonds. The smallest absolute Gasteiger partial charge is 0.251 e. The maximum Gasteiger partial charge on any atom is 0.251 e. The lowest BCUT2D eigenvalue weighted by Crippen LogP contribution is -2.55. The van der Waals surface area contributed by atoms with Crippen LogP contribution in [0.2, 0.25) is 0 Å². The summed E-state index contributed by atoms with van der Waals surface area (Å²) in [6.45, 7) is 8.16. The number of rotatable bonds is 5. The molecule has 18 heavy (non-hydrogen) atoms. The van der Waals surface area contributed by atoms with Gasteiger partial charge in [0.2, 0.25) is 0 Å². The van der Waals surface area contributed by atoms with Crippen LogP contribution in [0, 0.1) is 5.92 Å². The van der Waals surface area contributed by atoms with Crippen LogP contribution in [-0.4, -0.2) is 17.5 Å². The summed E-state index contributed by atoms with van der Waals surface area (Å²) >= 11 is 0. The molecule has 3 nitrogen and oxygen atoms in total. The van der Waals surface area contributed by atoms with Crippen LogP contribution < -0.4 is 11.1 Å². The molecule has 0 aromatic heterocycles. The van der Waals surface area contributed by atoms with Crippen molar-refractivity contribution in [1.29, 1.82) is 0 Å². The number of hydrogen-bond acceptors (Lipinski definition) is 2. The number of nitrogens with one attached hydrogen (secondary N) is 1. The highest BCUT2D eigenvalue weighted by molar-refractivity contribution is 5.94. The van der Waals surface area contributed by atoms with E-state index in [1.54, 1.807) is 0 Å². The molecule has 1 atom stereocenters. The van der Waals surface area contributed by atoms with Crippen molar-refractivity contribution in [3.63, 3.8) is 0 Å². The van der Waals surface area contributed by atoms with Gasteiger partial charge in [0.1, 0.15) is 0 Å². The van der Waals surface area contributed by atoms with Crippen molar-refractivity contribution in [3.05, 3.63) is 35.9 Å². The molecule has 0 aliphatic rings. The second-order valence-electron chi connectivity index (χ2n) is 5.84. The Bertz CT molecular complexity index is 379. The zero-order chi connectivity index (χ0) is 13.8. The number of hydrogen-bond donors (Lipinski definition) is 2. The van der Waals surface area contributed by atoms with Gasteiger partial charge >= 0.3 is 0 Å². The Balaban J connectivity index is 2.75. The average Bonchev–Trinajstić information content (AvgIpc) is 2.27. The molecule has 0 aliphatic carbocycles. The average molecular weight is 248 g/mol. The van der Waals surface area contributed by atoms with E-state index < -0.39 is 5.54 Å². The number of benzene rings is 1. The third-order valence-electron chi connectivity index (χ3n) is 2.95. The van der Waals surface area contributed by atoms with Crippen LogP contribution in [0.15, 0.2) is 30.3 Å². The lowest BCUT2D eigenvalue weighted by atomic mass is 9.88. The van der Waals surface area contributed by atoms with E-state index in [1.807, 2.05) is 44.2 Å². The van der Waals surface area contributed by atoms with Gasteiger partial charge in [-0.15, -0.1) is 0 Å². The fourth-order valence-corrected chi connectivity index (χ4v) is 1.85. The Labute approximate surface area is 110 Å². The van der Waals surface area contributed by atoms with E-state index in [1.165, 1.54) is 0 Å². The van der Waals surface area contributed by atoms with Crippen molar-refractivity contribution in [3.8, 4) is 0 Å². The van der Waals surface area contributed by atoms with Crippen LogP contribution in [0.5, 0.6) is 0 Å². The van der Waals surface area contributed by atoms with Gasteiger partial charge in [0.25, 0.3) is 5.91 Å². The standard InChI is InChI=1S/C15H24N2O/c1-11(2)10-13(15(3,4)16)17-14(18)12-8-6-5-7-9-12/h5-9,11,13H,10,16H2,1-4H3,(H,17,18). The van der Waals surface area contributed by atoms with Crippen molar-refractivity contribution in [2.24, 2.45) is 11.7 Å². The van der Waals surface area contributed by atoms with E-state index in [0.717, 1.165) is 6.42 Å². The second-order valence-corrected chi connectivity index (χ2v) is 5.84. The van der Waals surface area contributed by atoms with Gasteiger partial charge in [0.15, 0.2) is 0 Å². The Morgan fingerprint density at radius 3 is 2.28 bits per heavy atom. The molecular formula is C15H24N2O. The number of amides is 1. The number of carbonyl (C=O) groups is 1. The lowest BCUT2D eigenvalue weighted by Gasteiger charge is -2.32. The summed E-state index contributed by atoms with van der Waals surface area (Å²) < 4.78 is 0. The van der Waals surface area contributed by atoms with E-state index in [4.69, 9.17) is 5.73 Å². The molecule has 1 unspecified atom stereocenters. The van der Waals surface area contributed by atoms with Gasteiger partial charge in [0.05, 0.1) is 0 Å². The Morgan fingerprint density at radius 2 is 1.83 bits per heavy atom. The molecule has 0 bridgehead atoms. The van der Waals surface area contributed by atoms with E-state index >= 15 is 0 Å². The van der Waals surface area contributed by atoms with Crippen molar-refractivity contribution in [2.75, 3.05) is 0 Å². The summed E-state index contributed by atoms with van der Waals surface area (Å²) in [7, 11) is 0. The van der Waals surface area contributed by atoms with Crippen LogP contribution in [0.25, 0.3) is 0 Å². The molecule has 0 fully saturated rings. The summed E-state index contributed by atoms with van der Waals surface area (Å²) in [6.07, 6.45) is 0.877. The molecule has 3 N–H and O–H groups in total. The molecule has 0 radical (unpaired) electrons. The Morgan fingerprint density at radius 1 is 1.28 bits per heavy atom. The third kappa shape index (κ3) is 4.49. The molecule has 1 aromatic carbocycles. The minimum absolute atomic E-state index is 0.0230. The first-order chi connectivity index (χ1) is 8.30. The zero-order valence-electron chi connectivity index (χ0n) is 11.7. The van der Waals surface area contributed by atoms with Gasteiger partial charge in [-0.2, -0.15) is 0 Å². The molecule has 0 spiro atoms. The topological polar surface area (TPSA) is 55.1 Å². The van der Waals surface area contributed by atoms with Gasteiger partial charge in [-0.1, -0.05) is 32.0 Å². The molecule has 3 heteroatoms. The predicted octanol–water partition coefficient (Wildman–Crippen LogP) is 2.57. The van der Waals surface area contributed by atoms with Gasteiger partial charge in [-0.3, -0.25) is 4.79 Å². The van der Waals surface area contributed by atoms with Crippen LogP contribution in [0.3, 0.4) is 0 Å². The molecule has 0 aliphatic heterocycles. The molecule has 100 valence electrons. The van der Waals surface area contributed by atoms with E-state index in [0.29, 0.717) is 11.5 Å². The normalized spacial score (nSPS) is 13.4. The summed E-state index contributed by atoms with van der Waals surface area (Å²) in [5, 5.41) is 3.04. The van der Waals surface area contributed by atoms with E-state index in [9.17, 15) is 4.79 Å². The molecule has 0 saturated carbocycles. The summed E-state index contributed by atoms with van der Waals surface area (Å²) in [5.41, 5.74) is 6.39. The highest BCUT2D eigenvalue weighted by Crippen LogP contribution is 2.15. The molecule has 1 rings (SSSR count). The predicted molar refractivity (Wildman–Crippen MR) is 75.4 cm³/mol. The van der Waals surface area contributed by atoms with Crippen molar-refractivity contribution in [1.82, 2.24) is 5.32 Å². The van der Waals surface area contributed by atoms with E-state index in [2.05, 4.69) is 19.2 Å². The van der Waals surface area contributed by atoms with Crippen LogP contribution in [0.1, 0.15) is 44.5 Å². The minimum atomic E-state index is -0.422. The first-order valence-corrected chi connectivity index (χ1v) is 6.45. The van der Waals surface area contributed by atoms with Crippen LogP contribution in [-0.2, 0) is 0 Å². The molecule has 1 aromatic rings. The van der Waals surface area contributed by atoms with Crippen molar-refractivity contribution in [2.45, 2.75) is 45.7 Å². The summed E-state index contributed by atoms with van der Waals surface area (Å²) in [5.74, 6) is 0.439. The maximum absolute atomic E-state index is 12.1. The zero-order valence-corrected chi connectivity index (χ0v) is 11.7.